The van der Waals surface area contributed by atoms with Crippen LogP contribution in [-0.4, -0.2) is 0 Å². The normalized spacial score (nSPS) is 15.4. The Labute approximate surface area is 672 Å². The van der Waals surface area contributed by atoms with E-state index in [4.69, 9.17) is 8.83 Å². The number of benzene rings is 14. The van der Waals surface area contributed by atoms with Crippen LogP contribution in [0.2, 0.25) is 0 Å². The van der Waals surface area contributed by atoms with Crippen molar-refractivity contribution in [2.45, 2.75) is 173 Å². The van der Waals surface area contributed by atoms with Gasteiger partial charge in [0.25, 0.3) is 0 Å². The Kier molecular flexibility index (Phi) is 16.2. The summed E-state index contributed by atoms with van der Waals surface area (Å²) < 4.78 is 13.7. The Bertz CT molecular complexity index is 6620. The van der Waals surface area contributed by atoms with Crippen molar-refractivity contribution in [2.75, 3.05) is 4.90 Å². The zero-order chi connectivity index (χ0) is 77.3. The fraction of sp³-hybridized carbons (Fsp3) is 0.243. The maximum atomic E-state index is 7.17. The van der Waals surface area contributed by atoms with Gasteiger partial charge in [-0.05, 0) is 242 Å². The summed E-state index contributed by atoms with van der Waals surface area (Å²) in [6.45, 7) is 24.1. The Hall–Kier alpha value is -11.5. The fourth-order valence-corrected chi connectivity index (χ4v) is 22.1. The molecule has 0 radical (unpaired) electrons. The van der Waals surface area contributed by atoms with Crippen LogP contribution < -0.4 is 4.90 Å². The molecule has 114 heavy (non-hydrogen) atoms. The first-order valence-corrected chi connectivity index (χ1v) is 42.5. The van der Waals surface area contributed by atoms with Gasteiger partial charge < -0.3 is 13.7 Å². The molecule has 21 rings (SSSR count). The van der Waals surface area contributed by atoms with E-state index in [2.05, 4.69) is 347 Å². The molecular formula is C111H99NO2. The fourth-order valence-electron chi connectivity index (χ4n) is 22.1. The third kappa shape index (κ3) is 10.4. The SMILES string of the molecule is CCCCCCCC1(CCCCCCC)c2ccccc2-c2ccc(-c3ccc4c(c3)C(C)(C)c3cc(-c5ccc(-c6cc7c(c8c6oc6ccccc68)-c6ccc(N(c8ccc9c(c8)C(C)(C)c8cc%10c(cc8-9)C(C)(C)c8ccc9oc%11ccccc%11c9c8-%10)c8ccccc8-c8ccccc8)cc6C7(C)C)cc5)ccc3-4)cc21. The summed E-state index contributed by atoms with van der Waals surface area (Å²) in [7, 11) is 0. The van der Waals surface area contributed by atoms with Gasteiger partial charge in [-0.25, -0.2) is 0 Å². The molecule has 3 nitrogen and oxygen atoms in total. The largest absolute Gasteiger partial charge is 0.456 e. The lowest BCUT2D eigenvalue weighted by Crippen LogP contribution is -2.25. The van der Waals surface area contributed by atoms with E-state index in [0.29, 0.717) is 0 Å². The highest BCUT2D eigenvalue weighted by Gasteiger charge is 2.47. The van der Waals surface area contributed by atoms with E-state index in [1.807, 2.05) is 0 Å². The summed E-state index contributed by atoms with van der Waals surface area (Å²) in [6, 6.07) is 105. The highest BCUT2D eigenvalue weighted by Crippen LogP contribution is 2.63. The zero-order valence-electron chi connectivity index (χ0n) is 67.7. The van der Waals surface area contributed by atoms with E-state index in [0.717, 1.165) is 55.9 Å². The molecule has 2 aromatic heterocycles. The van der Waals surface area contributed by atoms with Crippen LogP contribution in [0.3, 0.4) is 0 Å². The number of anilines is 3. The van der Waals surface area contributed by atoms with E-state index >= 15 is 0 Å². The van der Waals surface area contributed by atoms with Gasteiger partial charge in [-0.2, -0.15) is 0 Å². The summed E-state index contributed by atoms with van der Waals surface area (Å²) >= 11 is 0. The number of para-hydroxylation sites is 3. The molecule has 0 spiro atoms. The minimum atomic E-state index is -0.398. The first-order valence-electron chi connectivity index (χ1n) is 42.5. The predicted molar refractivity (Wildman–Crippen MR) is 481 cm³/mol. The topological polar surface area (TPSA) is 29.5 Å². The van der Waals surface area contributed by atoms with E-state index in [9.17, 15) is 0 Å². The van der Waals surface area contributed by atoms with E-state index < -0.39 is 5.41 Å². The molecule has 0 bridgehead atoms. The third-order valence-corrected chi connectivity index (χ3v) is 28.2. The van der Waals surface area contributed by atoms with Crippen LogP contribution in [0.15, 0.2) is 282 Å². The van der Waals surface area contributed by atoms with Gasteiger partial charge in [0.15, 0.2) is 0 Å². The standard InChI is InChI=1S/C111H99NO2/c1-11-13-15-17-30-58-111(59-31-18-16-14-12-2)88-38-26-22-35-77(88)80-53-48-73(62-96(80)111)72-47-52-79-78-51-46-71(60-90(78)108(5,6)91(79)61-72)68-42-44-70(45-43-68)85-65-97-102(105-84-37-25-29-41-100(84)114-106(85)105)82-55-50-75(64-93(82)110(97,9)10)112(98-39-27-23-34-76(98)69-32-20-19-21-33-69)74-49-54-81-86-66-95-87(67-94(86)109(7,8)92(81)63-74)103-89(107(95,3)4)56-57-101-104(103)83-36-24-28-40-99(83)113-101/h19-29,32-57,60-67H,11-18,30-31,58-59H2,1-10H3. The molecule has 0 unspecified atom stereocenters. The van der Waals surface area contributed by atoms with Crippen LogP contribution in [-0.2, 0) is 27.1 Å². The second kappa shape index (κ2) is 26.3. The number of nitrogens with zero attached hydrogens (tertiary/aromatic N) is 1. The van der Waals surface area contributed by atoms with Crippen LogP contribution in [0.25, 0.3) is 144 Å². The van der Waals surface area contributed by atoms with Crippen molar-refractivity contribution in [1.82, 2.24) is 0 Å². The molecule has 5 aliphatic carbocycles. The lowest BCUT2D eigenvalue weighted by Gasteiger charge is -2.33. The van der Waals surface area contributed by atoms with E-state index in [1.54, 1.807) is 11.1 Å². The molecule has 0 aliphatic heterocycles. The minimum absolute atomic E-state index is 0.0422. The van der Waals surface area contributed by atoms with Crippen molar-refractivity contribution in [2.24, 2.45) is 0 Å². The summed E-state index contributed by atoms with van der Waals surface area (Å²) in [4.78, 5) is 2.54. The molecule has 0 saturated carbocycles. The zero-order valence-corrected chi connectivity index (χ0v) is 67.7. The molecule has 560 valence electrons. The average Bonchev–Trinajstić information content (AvgIpc) is 1.54. The van der Waals surface area contributed by atoms with E-state index in [1.165, 1.54) is 227 Å². The number of rotatable bonds is 19. The second-order valence-electron chi connectivity index (χ2n) is 36.0. The van der Waals surface area contributed by atoms with Crippen LogP contribution in [0.5, 0.6) is 0 Å². The number of hydrogen-bond acceptors (Lipinski definition) is 3. The number of furan rings is 2. The van der Waals surface area contributed by atoms with Crippen molar-refractivity contribution in [3.05, 3.63) is 329 Å². The third-order valence-electron chi connectivity index (χ3n) is 28.2. The molecule has 0 atom stereocenters. The Morgan fingerprint density at radius 1 is 0.254 bits per heavy atom. The summed E-state index contributed by atoms with van der Waals surface area (Å²) in [5.41, 5.74) is 42.9. The molecular weight excluding hydrogens is 1380 g/mol. The molecule has 0 fully saturated rings. The highest BCUT2D eigenvalue weighted by molar-refractivity contribution is 6.19. The van der Waals surface area contributed by atoms with Gasteiger partial charge in [0.05, 0.1) is 5.69 Å². The van der Waals surface area contributed by atoms with Crippen molar-refractivity contribution < 1.29 is 8.83 Å². The number of hydrogen-bond donors (Lipinski definition) is 0. The summed E-state index contributed by atoms with van der Waals surface area (Å²) in [5, 5.41) is 4.70. The molecule has 0 amide bonds. The minimum Gasteiger partial charge on any atom is -0.456 e. The van der Waals surface area contributed by atoms with E-state index in [-0.39, 0.29) is 21.7 Å². The van der Waals surface area contributed by atoms with Crippen LogP contribution >= 0.6 is 0 Å². The summed E-state index contributed by atoms with van der Waals surface area (Å²) in [5.74, 6) is 0. The molecule has 3 heteroatoms. The molecule has 16 aromatic rings. The van der Waals surface area contributed by atoms with Crippen molar-refractivity contribution in [1.29, 1.82) is 0 Å². The van der Waals surface area contributed by atoms with Gasteiger partial charge in [0.2, 0.25) is 0 Å². The maximum Gasteiger partial charge on any atom is 0.143 e. The Balaban J connectivity index is 0.618. The van der Waals surface area contributed by atoms with Crippen molar-refractivity contribution in [3.8, 4) is 100 Å². The lowest BCUT2D eigenvalue weighted by atomic mass is 9.70. The monoisotopic (exact) mass is 1480 g/mol. The van der Waals surface area contributed by atoms with Gasteiger partial charge in [0.1, 0.15) is 22.3 Å². The van der Waals surface area contributed by atoms with Crippen LogP contribution in [0.1, 0.15) is 202 Å². The van der Waals surface area contributed by atoms with Gasteiger partial charge >= 0.3 is 0 Å². The molecule has 2 heterocycles. The summed E-state index contributed by atoms with van der Waals surface area (Å²) in [6.07, 6.45) is 15.5. The smallest absolute Gasteiger partial charge is 0.143 e. The first-order chi connectivity index (χ1) is 55.5. The lowest BCUT2D eigenvalue weighted by molar-refractivity contribution is 0.399. The molecule has 0 N–H and O–H groups in total. The highest BCUT2D eigenvalue weighted by atomic mass is 16.3. The van der Waals surface area contributed by atoms with Crippen LogP contribution in [0.4, 0.5) is 17.1 Å². The van der Waals surface area contributed by atoms with Gasteiger partial charge in [-0.15, -0.1) is 0 Å². The number of fused-ring (bicyclic) bond motifs is 23. The van der Waals surface area contributed by atoms with Gasteiger partial charge in [0, 0.05) is 71.1 Å². The van der Waals surface area contributed by atoms with Gasteiger partial charge in [-0.1, -0.05) is 322 Å². The van der Waals surface area contributed by atoms with Crippen molar-refractivity contribution >= 4 is 60.9 Å². The predicted octanol–water partition coefficient (Wildman–Crippen LogP) is 31.8. The quantitative estimate of drug-likeness (QED) is 0.0756. The molecule has 5 aliphatic rings. The second-order valence-corrected chi connectivity index (χ2v) is 36.0. The molecule has 0 saturated heterocycles. The van der Waals surface area contributed by atoms with Gasteiger partial charge in [-0.3, -0.25) is 0 Å². The average molecular weight is 1480 g/mol. The van der Waals surface area contributed by atoms with Crippen molar-refractivity contribution in [3.63, 3.8) is 0 Å². The Morgan fingerprint density at radius 2 is 0.684 bits per heavy atom. The number of unbranched alkanes of at least 4 members (excludes halogenated alkanes) is 8. The molecule has 14 aromatic carbocycles. The van der Waals surface area contributed by atoms with Crippen LogP contribution in [0, 0.1) is 0 Å². The maximum absolute atomic E-state index is 7.17. The Morgan fingerprint density at radius 3 is 1.35 bits per heavy atom. The first kappa shape index (κ1) is 70.4.